The van der Waals surface area contributed by atoms with Crippen molar-refractivity contribution in [3.05, 3.63) is 64.5 Å². The van der Waals surface area contributed by atoms with E-state index in [-0.39, 0.29) is 11.3 Å². The van der Waals surface area contributed by atoms with Gasteiger partial charge in [0.05, 0.1) is 22.6 Å². The Balaban J connectivity index is 1.35. The van der Waals surface area contributed by atoms with Crippen molar-refractivity contribution >= 4 is 5.91 Å². The Morgan fingerprint density at radius 3 is 2.66 bits per heavy atom. The van der Waals surface area contributed by atoms with Crippen LogP contribution in [0.5, 0.6) is 0 Å². The fourth-order valence-electron chi connectivity index (χ4n) is 5.30. The van der Waals surface area contributed by atoms with Crippen LogP contribution in [0, 0.1) is 0 Å². The molecular weight excluding hydrogens is 398 g/mol. The molecule has 1 amide bonds. The summed E-state index contributed by atoms with van der Waals surface area (Å²) in [6.45, 7) is 4.45. The lowest BCUT2D eigenvalue weighted by molar-refractivity contribution is 0.0714. The Labute approximate surface area is 188 Å². The molecule has 1 spiro atoms. The normalized spacial score (nSPS) is 18.0. The van der Waals surface area contributed by atoms with Crippen LogP contribution in [0.3, 0.4) is 0 Å². The van der Waals surface area contributed by atoms with E-state index >= 15 is 0 Å². The smallest absolute Gasteiger partial charge is 0.253 e. The Kier molecular flexibility index (Phi) is 4.19. The number of pyridine rings is 1. The van der Waals surface area contributed by atoms with Gasteiger partial charge >= 0.3 is 0 Å². The van der Waals surface area contributed by atoms with Crippen LogP contribution in [0.25, 0.3) is 22.5 Å². The monoisotopic (exact) mass is 427 g/mol. The van der Waals surface area contributed by atoms with Crippen LogP contribution in [-0.2, 0) is 24.7 Å². The average Bonchev–Trinajstić information content (AvgIpc) is 3.44. The first kappa shape index (κ1) is 19.7. The number of carbonyl (C=O) groups excluding carboxylic acids is 1. The van der Waals surface area contributed by atoms with Gasteiger partial charge in [0.2, 0.25) is 0 Å². The van der Waals surface area contributed by atoms with Crippen LogP contribution in [0.15, 0.2) is 36.5 Å². The number of H-pyrrole nitrogens is 1. The van der Waals surface area contributed by atoms with E-state index < -0.39 is 5.60 Å². The van der Waals surface area contributed by atoms with Gasteiger partial charge in [-0.2, -0.15) is 0 Å². The van der Waals surface area contributed by atoms with Crippen LogP contribution >= 0.6 is 0 Å². The summed E-state index contributed by atoms with van der Waals surface area (Å²) in [4.78, 5) is 21.2. The summed E-state index contributed by atoms with van der Waals surface area (Å²) < 4.78 is 0. The third kappa shape index (κ3) is 3.18. The fourth-order valence-corrected chi connectivity index (χ4v) is 5.30. The summed E-state index contributed by atoms with van der Waals surface area (Å²) in [6.07, 6.45) is 7.68. The van der Waals surface area contributed by atoms with Gasteiger partial charge in [0.25, 0.3) is 5.91 Å². The molecule has 0 atom stereocenters. The molecule has 5 nitrogen and oxygen atoms in total. The molecule has 164 valence electrons. The molecule has 0 saturated heterocycles. The molecule has 5 heteroatoms. The van der Waals surface area contributed by atoms with Gasteiger partial charge in [-0.1, -0.05) is 24.3 Å². The van der Waals surface area contributed by atoms with Crippen molar-refractivity contribution in [2.24, 2.45) is 0 Å². The highest BCUT2D eigenvalue weighted by Gasteiger charge is 2.51. The van der Waals surface area contributed by atoms with Crippen LogP contribution < -0.4 is 5.32 Å². The molecule has 0 bridgehead atoms. The second-order valence-electron chi connectivity index (χ2n) is 10.4. The lowest BCUT2D eigenvalue weighted by Crippen LogP contribution is -2.39. The van der Waals surface area contributed by atoms with Crippen LogP contribution in [0.1, 0.15) is 65.9 Å². The first-order valence-electron chi connectivity index (χ1n) is 11.7. The number of nitrogens with zero attached hydrogens (tertiary/aromatic N) is 1. The van der Waals surface area contributed by atoms with Gasteiger partial charge in [0, 0.05) is 35.0 Å². The Morgan fingerprint density at radius 2 is 1.94 bits per heavy atom. The second-order valence-corrected chi connectivity index (χ2v) is 10.4. The largest absolute Gasteiger partial charge is 0.390 e. The minimum Gasteiger partial charge on any atom is -0.390 e. The first-order chi connectivity index (χ1) is 15.3. The minimum absolute atomic E-state index is 0.0781. The summed E-state index contributed by atoms with van der Waals surface area (Å²) in [7, 11) is 0. The van der Waals surface area contributed by atoms with Gasteiger partial charge < -0.3 is 15.4 Å². The van der Waals surface area contributed by atoms with E-state index in [2.05, 4.69) is 40.6 Å². The number of amides is 1. The van der Waals surface area contributed by atoms with Gasteiger partial charge in [-0.15, -0.1) is 0 Å². The summed E-state index contributed by atoms with van der Waals surface area (Å²) >= 11 is 0. The molecule has 2 aliphatic carbocycles. The van der Waals surface area contributed by atoms with Crippen molar-refractivity contribution in [2.45, 2.75) is 63.4 Å². The topological polar surface area (TPSA) is 78.0 Å². The van der Waals surface area contributed by atoms with Gasteiger partial charge in [0.1, 0.15) is 0 Å². The van der Waals surface area contributed by atoms with Gasteiger partial charge in [-0.25, -0.2) is 0 Å². The molecule has 3 N–H and O–H groups in total. The molecular formula is C27H29N3O2. The Morgan fingerprint density at radius 1 is 1.16 bits per heavy atom. The molecule has 3 aliphatic rings. The number of fused-ring (bicyclic) bond motifs is 6. The number of hydrogen-bond acceptors (Lipinski definition) is 3. The zero-order chi connectivity index (χ0) is 22.1. The van der Waals surface area contributed by atoms with E-state index in [0.717, 1.165) is 73.3 Å². The van der Waals surface area contributed by atoms with Gasteiger partial charge in [0.15, 0.2) is 0 Å². The quantitative estimate of drug-likeness (QED) is 0.580. The van der Waals surface area contributed by atoms with Crippen molar-refractivity contribution in [2.75, 3.05) is 6.54 Å². The van der Waals surface area contributed by atoms with Crippen LogP contribution in [0.2, 0.25) is 0 Å². The number of aromatic nitrogens is 2. The number of aliphatic hydroxyl groups is 1. The molecule has 1 aliphatic heterocycles. The van der Waals surface area contributed by atoms with Crippen molar-refractivity contribution in [1.29, 1.82) is 0 Å². The summed E-state index contributed by atoms with van der Waals surface area (Å²) in [5.74, 6) is 0.0781. The van der Waals surface area contributed by atoms with Crippen LogP contribution in [0.4, 0.5) is 0 Å². The number of nitrogens with one attached hydrogen (secondary N) is 2. The predicted octanol–water partition coefficient (Wildman–Crippen LogP) is 4.32. The van der Waals surface area contributed by atoms with Crippen molar-refractivity contribution in [1.82, 2.24) is 15.3 Å². The molecule has 1 aromatic carbocycles. The second kappa shape index (κ2) is 6.79. The van der Waals surface area contributed by atoms with Crippen LogP contribution in [-0.4, -0.2) is 33.1 Å². The fraction of sp³-hybridized carbons (Fsp3) is 0.407. The summed E-state index contributed by atoms with van der Waals surface area (Å²) in [5, 5.41) is 13.1. The van der Waals surface area contributed by atoms with Gasteiger partial charge in [-0.3, -0.25) is 9.78 Å². The molecule has 6 rings (SSSR count). The van der Waals surface area contributed by atoms with Crippen molar-refractivity contribution < 1.29 is 9.90 Å². The zero-order valence-corrected chi connectivity index (χ0v) is 18.7. The van der Waals surface area contributed by atoms with E-state index in [1.807, 2.05) is 20.0 Å². The average molecular weight is 428 g/mol. The Bertz CT molecular complexity index is 1230. The first-order valence-corrected chi connectivity index (χ1v) is 11.7. The highest BCUT2D eigenvalue weighted by atomic mass is 16.3. The lowest BCUT2D eigenvalue weighted by Gasteiger charge is -2.23. The van der Waals surface area contributed by atoms with E-state index in [0.29, 0.717) is 0 Å². The highest BCUT2D eigenvalue weighted by Crippen LogP contribution is 2.52. The molecule has 0 radical (unpaired) electrons. The number of benzene rings is 1. The third-order valence-corrected chi connectivity index (χ3v) is 7.48. The number of hydrogen-bond donors (Lipinski definition) is 3. The number of rotatable bonds is 4. The molecule has 32 heavy (non-hydrogen) atoms. The van der Waals surface area contributed by atoms with E-state index in [1.165, 1.54) is 22.3 Å². The predicted molar refractivity (Wildman–Crippen MR) is 125 cm³/mol. The summed E-state index contributed by atoms with van der Waals surface area (Å²) in [6, 6.07) is 10.7. The molecule has 1 saturated carbocycles. The van der Waals surface area contributed by atoms with E-state index in [1.54, 1.807) is 0 Å². The highest BCUT2D eigenvalue weighted by molar-refractivity contribution is 6.01. The summed E-state index contributed by atoms with van der Waals surface area (Å²) in [5.41, 5.74) is 9.51. The standard InChI is InChI=1S/C27H29N3O2/c1-26(2,32)10-9-16-3-5-17(6-4-16)21-13-20-18(14-28-21)7-8-19-22-24(30-23(19)20)27(11-12-27)15-29-25(22)31/h3-6,13-14,30,32H,7-12,15H2,1-2H3,(H,29,31). The Hall–Kier alpha value is -2.92. The van der Waals surface area contributed by atoms with Crippen molar-refractivity contribution in [3.63, 3.8) is 0 Å². The number of aryl methyl sites for hydroxylation is 2. The SMILES string of the molecule is CC(C)(O)CCc1ccc(-c2cc3c(cn2)CCc2c-3[nH]c3c2C(=O)NCC32CC2)cc1. The van der Waals surface area contributed by atoms with Crippen molar-refractivity contribution in [3.8, 4) is 22.5 Å². The molecule has 1 fully saturated rings. The zero-order valence-electron chi connectivity index (χ0n) is 18.7. The van der Waals surface area contributed by atoms with E-state index in [4.69, 9.17) is 4.98 Å². The number of carbonyl (C=O) groups is 1. The molecule has 2 aromatic heterocycles. The van der Waals surface area contributed by atoms with Gasteiger partial charge in [-0.05, 0) is 75.1 Å². The maximum absolute atomic E-state index is 12.7. The maximum atomic E-state index is 12.7. The third-order valence-electron chi connectivity index (χ3n) is 7.48. The molecule has 3 aromatic rings. The van der Waals surface area contributed by atoms with E-state index in [9.17, 15) is 9.90 Å². The lowest BCUT2D eigenvalue weighted by atomic mass is 9.86. The molecule has 3 heterocycles. The number of aromatic amines is 1. The minimum atomic E-state index is -0.651. The molecule has 0 unspecified atom stereocenters. The maximum Gasteiger partial charge on any atom is 0.253 e.